The summed E-state index contributed by atoms with van der Waals surface area (Å²) in [6.07, 6.45) is 0.565. The summed E-state index contributed by atoms with van der Waals surface area (Å²) in [5.41, 5.74) is 3.57. The van der Waals surface area contributed by atoms with Gasteiger partial charge in [-0.25, -0.2) is 4.39 Å². The SMILES string of the molecule is NNC(Cc1cc(F)ccc1Br)c1sccc1Cl. The van der Waals surface area contributed by atoms with E-state index in [4.69, 9.17) is 17.4 Å². The Hall–Kier alpha value is -0.460. The molecular weight excluding hydrogens is 339 g/mol. The second-order valence-electron chi connectivity index (χ2n) is 3.79. The minimum atomic E-state index is -0.263. The van der Waals surface area contributed by atoms with Crippen LogP contribution in [0.3, 0.4) is 0 Å². The highest BCUT2D eigenvalue weighted by molar-refractivity contribution is 9.10. The first kappa shape index (κ1) is 14.0. The standard InChI is InChI=1S/C12H11BrClFN2S/c13-9-2-1-8(15)5-7(9)6-11(17-16)12-10(14)3-4-18-12/h1-5,11,17H,6,16H2. The summed E-state index contributed by atoms with van der Waals surface area (Å²) in [5.74, 6) is 5.30. The Labute approximate surface area is 122 Å². The Balaban J connectivity index is 2.26. The number of halogens is 3. The van der Waals surface area contributed by atoms with Crippen LogP contribution in [0.15, 0.2) is 34.1 Å². The molecule has 0 saturated carbocycles. The minimum absolute atomic E-state index is 0.129. The molecule has 1 heterocycles. The van der Waals surface area contributed by atoms with Crippen LogP contribution in [0, 0.1) is 5.82 Å². The molecule has 1 aromatic carbocycles. The third-order valence-electron chi connectivity index (χ3n) is 2.59. The van der Waals surface area contributed by atoms with Crippen molar-refractivity contribution in [2.24, 2.45) is 5.84 Å². The van der Waals surface area contributed by atoms with Gasteiger partial charge < -0.3 is 0 Å². The normalized spacial score (nSPS) is 12.7. The summed E-state index contributed by atoms with van der Waals surface area (Å²) < 4.78 is 14.1. The first-order valence-electron chi connectivity index (χ1n) is 5.24. The highest BCUT2D eigenvalue weighted by Gasteiger charge is 2.17. The fraction of sp³-hybridized carbons (Fsp3) is 0.167. The van der Waals surface area contributed by atoms with E-state index in [1.165, 1.54) is 23.5 Å². The van der Waals surface area contributed by atoms with Crippen LogP contribution in [-0.2, 0) is 6.42 Å². The predicted octanol–water partition coefficient (Wildman–Crippen LogP) is 4.05. The van der Waals surface area contributed by atoms with Gasteiger partial charge in [0.05, 0.1) is 11.1 Å². The quantitative estimate of drug-likeness (QED) is 0.645. The van der Waals surface area contributed by atoms with Crippen LogP contribution in [0.2, 0.25) is 5.02 Å². The van der Waals surface area contributed by atoms with Crippen LogP contribution in [-0.4, -0.2) is 0 Å². The van der Waals surface area contributed by atoms with Crippen LogP contribution in [0.4, 0.5) is 4.39 Å². The van der Waals surface area contributed by atoms with E-state index in [1.807, 2.05) is 11.4 Å². The Morgan fingerprint density at radius 1 is 1.44 bits per heavy atom. The topological polar surface area (TPSA) is 38.0 Å². The Bertz CT molecular complexity index is 547. The molecule has 2 rings (SSSR count). The van der Waals surface area contributed by atoms with Crippen LogP contribution < -0.4 is 11.3 Å². The van der Waals surface area contributed by atoms with E-state index in [9.17, 15) is 4.39 Å². The van der Waals surface area contributed by atoms with E-state index >= 15 is 0 Å². The monoisotopic (exact) mass is 348 g/mol. The van der Waals surface area contributed by atoms with Gasteiger partial charge in [0.1, 0.15) is 5.82 Å². The van der Waals surface area contributed by atoms with Crippen LogP contribution in [0.25, 0.3) is 0 Å². The molecule has 2 aromatic rings. The number of rotatable bonds is 4. The lowest BCUT2D eigenvalue weighted by atomic mass is 10.1. The van der Waals surface area contributed by atoms with Crippen molar-refractivity contribution in [2.75, 3.05) is 0 Å². The van der Waals surface area contributed by atoms with E-state index in [1.54, 1.807) is 6.07 Å². The molecule has 0 aliphatic heterocycles. The average Bonchev–Trinajstić information content (AvgIpc) is 2.77. The molecule has 3 N–H and O–H groups in total. The molecular formula is C12H11BrClFN2S. The number of nitrogens with one attached hydrogen (secondary N) is 1. The molecule has 0 saturated heterocycles. The van der Waals surface area contributed by atoms with Gasteiger partial charge in [-0.1, -0.05) is 27.5 Å². The summed E-state index contributed by atoms with van der Waals surface area (Å²) >= 11 is 11.0. The van der Waals surface area contributed by atoms with Crippen molar-refractivity contribution in [1.29, 1.82) is 0 Å². The van der Waals surface area contributed by atoms with Crippen LogP contribution in [0.1, 0.15) is 16.5 Å². The smallest absolute Gasteiger partial charge is 0.123 e. The molecule has 0 radical (unpaired) electrons. The Morgan fingerprint density at radius 2 is 2.22 bits per heavy atom. The van der Waals surface area contributed by atoms with E-state index in [2.05, 4.69) is 21.4 Å². The molecule has 1 unspecified atom stereocenters. The molecule has 2 nitrogen and oxygen atoms in total. The van der Waals surface area contributed by atoms with Crippen LogP contribution >= 0.6 is 38.9 Å². The number of hydrazine groups is 1. The lowest BCUT2D eigenvalue weighted by Gasteiger charge is -2.16. The van der Waals surface area contributed by atoms with Crippen molar-refractivity contribution in [3.05, 3.63) is 55.4 Å². The van der Waals surface area contributed by atoms with Gasteiger partial charge in [-0.2, -0.15) is 0 Å². The average molecular weight is 350 g/mol. The molecule has 1 atom stereocenters. The molecule has 96 valence electrons. The second-order valence-corrected chi connectivity index (χ2v) is 6.00. The van der Waals surface area contributed by atoms with Gasteiger partial charge in [0.2, 0.25) is 0 Å². The third-order valence-corrected chi connectivity index (χ3v) is 4.84. The zero-order valence-corrected chi connectivity index (χ0v) is 12.4. The molecule has 0 amide bonds. The summed E-state index contributed by atoms with van der Waals surface area (Å²) in [5, 5.41) is 2.58. The van der Waals surface area contributed by atoms with Gasteiger partial charge in [-0.15, -0.1) is 11.3 Å². The number of nitrogens with two attached hydrogens (primary N) is 1. The van der Waals surface area contributed by atoms with Crippen molar-refractivity contribution < 1.29 is 4.39 Å². The second kappa shape index (κ2) is 6.12. The van der Waals surface area contributed by atoms with Gasteiger partial charge in [-0.3, -0.25) is 11.3 Å². The van der Waals surface area contributed by atoms with Gasteiger partial charge in [0.25, 0.3) is 0 Å². The zero-order chi connectivity index (χ0) is 13.1. The summed E-state index contributed by atoms with van der Waals surface area (Å²) in [4.78, 5) is 0.954. The first-order valence-corrected chi connectivity index (χ1v) is 7.30. The van der Waals surface area contributed by atoms with Crippen molar-refractivity contribution >= 4 is 38.9 Å². The number of thiophene rings is 1. The highest BCUT2D eigenvalue weighted by Crippen LogP contribution is 2.32. The zero-order valence-electron chi connectivity index (χ0n) is 9.29. The summed E-state index contributed by atoms with van der Waals surface area (Å²) in [6.45, 7) is 0. The molecule has 0 fully saturated rings. The largest absolute Gasteiger partial charge is 0.271 e. The Morgan fingerprint density at radius 3 is 2.83 bits per heavy atom. The van der Waals surface area contributed by atoms with E-state index in [-0.39, 0.29) is 11.9 Å². The van der Waals surface area contributed by atoms with Crippen molar-refractivity contribution in [2.45, 2.75) is 12.5 Å². The third kappa shape index (κ3) is 3.10. The summed E-state index contributed by atoms with van der Waals surface area (Å²) in [6, 6.07) is 6.29. The van der Waals surface area contributed by atoms with Gasteiger partial charge >= 0.3 is 0 Å². The molecule has 0 aliphatic rings. The summed E-state index contributed by atoms with van der Waals surface area (Å²) in [7, 11) is 0. The maximum atomic E-state index is 13.2. The maximum absolute atomic E-state index is 13.2. The Kier molecular flexibility index (Phi) is 4.75. The molecule has 0 bridgehead atoms. The lowest BCUT2D eigenvalue weighted by Crippen LogP contribution is -2.29. The number of benzene rings is 1. The molecule has 6 heteroatoms. The van der Waals surface area contributed by atoms with E-state index < -0.39 is 0 Å². The van der Waals surface area contributed by atoms with Crippen molar-refractivity contribution in [3.63, 3.8) is 0 Å². The fourth-order valence-corrected chi connectivity index (χ4v) is 3.36. The van der Waals surface area contributed by atoms with E-state index in [0.29, 0.717) is 11.4 Å². The highest BCUT2D eigenvalue weighted by atomic mass is 79.9. The number of hydrogen-bond donors (Lipinski definition) is 2. The van der Waals surface area contributed by atoms with E-state index in [0.717, 1.165) is 14.9 Å². The van der Waals surface area contributed by atoms with Gasteiger partial charge in [0, 0.05) is 9.35 Å². The predicted molar refractivity (Wildman–Crippen MR) is 77.2 cm³/mol. The molecule has 18 heavy (non-hydrogen) atoms. The van der Waals surface area contributed by atoms with Gasteiger partial charge in [-0.05, 0) is 41.6 Å². The number of hydrogen-bond acceptors (Lipinski definition) is 3. The van der Waals surface area contributed by atoms with Crippen LogP contribution in [0.5, 0.6) is 0 Å². The maximum Gasteiger partial charge on any atom is 0.123 e. The first-order chi connectivity index (χ1) is 8.61. The van der Waals surface area contributed by atoms with Crippen molar-refractivity contribution in [1.82, 2.24) is 5.43 Å². The minimum Gasteiger partial charge on any atom is -0.271 e. The molecule has 0 aliphatic carbocycles. The molecule has 0 spiro atoms. The van der Waals surface area contributed by atoms with Crippen molar-refractivity contribution in [3.8, 4) is 0 Å². The fourth-order valence-electron chi connectivity index (χ4n) is 1.70. The van der Waals surface area contributed by atoms with Gasteiger partial charge in [0.15, 0.2) is 0 Å². The lowest BCUT2D eigenvalue weighted by molar-refractivity contribution is 0.556. The molecule has 1 aromatic heterocycles.